The summed E-state index contributed by atoms with van der Waals surface area (Å²) in [6, 6.07) is 6.61. The molecule has 0 fully saturated rings. The van der Waals surface area contributed by atoms with Gasteiger partial charge in [-0.05, 0) is 18.2 Å². The normalized spacial score (nSPS) is 13.8. The van der Waals surface area contributed by atoms with E-state index >= 15 is 0 Å². The summed E-state index contributed by atoms with van der Waals surface area (Å²) in [5, 5.41) is 0. The van der Waals surface area contributed by atoms with Gasteiger partial charge in [0.25, 0.3) is 0 Å². The highest BCUT2D eigenvalue weighted by Crippen LogP contribution is 2.15. The summed E-state index contributed by atoms with van der Waals surface area (Å²) in [6.45, 7) is 2.25. The van der Waals surface area contributed by atoms with Gasteiger partial charge in [0.05, 0.1) is 4.90 Å². The molecule has 1 atom stereocenters. The number of hydrogen-bond donors (Lipinski definition) is 1. The molecule has 3 nitrogen and oxygen atoms in total. The van der Waals surface area contributed by atoms with Gasteiger partial charge in [0.15, 0.2) is 0 Å². The molecule has 0 saturated carbocycles. The lowest BCUT2D eigenvalue weighted by Gasteiger charge is -2.07. The zero-order valence-corrected chi connectivity index (χ0v) is 12.1. The van der Waals surface area contributed by atoms with Gasteiger partial charge in [-0.15, -0.1) is 0 Å². The lowest BCUT2D eigenvalue weighted by molar-refractivity contribution is 0.581. The third-order valence-corrected chi connectivity index (χ3v) is 3.90. The van der Waals surface area contributed by atoms with Crippen LogP contribution in [0.4, 0.5) is 0 Å². The van der Waals surface area contributed by atoms with E-state index in [0.29, 0.717) is 6.54 Å². The van der Waals surface area contributed by atoms with Gasteiger partial charge in [-0.2, -0.15) is 0 Å². The molecular formula is C9H11Br2NO2S. The minimum Gasteiger partial charge on any atom is -0.210 e. The molecule has 0 spiro atoms. The third kappa shape index (κ3) is 4.22. The van der Waals surface area contributed by atoms with Crippen LogP contribution in [0.1, 0.15) is 6.92 Å². The Hall–Kier alpha value is 0.0900. The van der Waals surface area contributed by atoms with Crippen LogP contribution in [-0.2, 0) is 10.0 Å². The molecule has 0 aliphatic rings. The zero-order valence-electron chi connectivity index (χ0n) is 8.07. The second-order valence-electron chi connectivity index (χ2n) is 3.09. The third-order valence-electron chi connectivity index (χ3n) is 1.66. The van der Waals surface area contributed by atoms with Gasteiger partial charge >= 0.3 is 0 Å². The molecule has 1 unspecified atom stereocenters. The smallest absolute Gasteiger partial charge is 0.210 e. The highest BCUT2D eigenvalue weighted by Gasteiger charge is 2.14. The van der Waals surface area contributed by atoms with Crippen LogP contribution in [0, 0.1) is 0 Å². The quantitative estimate of drug-likeness (QED) is 0.842. The van der Waals surface area contributed by atoms with E-state index in [-0.39, 0.29) is 9.72 Å². The largest absolute Gasteiger partial charge is 0.240 e. The zero-order chi connectivity index (χ0) is 11.5. The molecule has 0 amide bonds. The highest BCUT2D eigenvalue weighted by atomic mass is 79.9. The lowest BCUT2D eigenvalue weighted by atomic mass is 10.4. The number of alkyl halides is 1. The van der Waals surface area contributed by atoms with Crippen LogP contribution in [0.15, 0.2) is 33.6 Å². The van der Waals surface area contributed by atoms with E-state index in [4.69, 9.17) is 0 Å². The predicted octanol–water partition coefficient (Wildman–Crippen LogP) is 2.51. The molecule has 0 heterocycles. The standard InChI is InChI=1S/C9H11Br2NO2S/c1-7(10)6-12-15(13,14)9-4-2-3-8(11)5-9/h2-5,7,12H,6H2,1H3. The molecule has 1 N–H and O–H groups in total. The first kappa shape index (κ1) is 13.2. The van der Waals surface area contributed by atoms with Crippen molar-refractivity contribution in [2.75, 3.05) is 6.54 Å². The summed E-state index contributed by atoms with van der Waals surface area (Å²) in [5.74, 6) is 0. The maximum absolute atomic E-state index is 11.7. The highest BCUT2D eigenvalue weighted by molar-refractivity contribution is 9.10. The summed E-state index contributed by atoms with van der Waals surface area (Å²) < 4.78 is 26.7. The SMILES string of the molecule is CC(Br)CNS(=O)(=O)c1cccc(Br)c1. The number of sulfonamides is 1. The second kappa shape index (κ2) is 5.43. The van der Waals surface area contributed by atoms with Crippen LogP contribution in [0.25, 0.3) is 0 Å². The van der Waals surface area contributed by atoms with E-state index in [2.05, 4.69) is 36.6 Å². The van der Waals surface area contributed by atoms with Gasteiger partial charge in [-0.1, -0.05) is 44.8 Å². The van der Waals surface area contributed by atoms with E-state index in [0.717, 1.165) is 4.47 Å². The molecular weight excluding hydrogens is 346 g/mol. The molecule has 6 heteroatoms. The Bertz CT molecular complexity index is 431. The number of benzene rings is 1. The Morgan fingerprint density at radius 1 is 1.47 bits per heavy atom. The molecule has 0 saturated heterocycles. The lowest BCUT2D eigenvalue weighted by Crippen LogP contribution is -2.28. The van der Waals surface area contributed by atoms with E-state index < -0.39 is 10.0 Å². The molecule has 15 heavy (non-hydrogen) atoms. The molecule has 0 aliphatic carbocycles. The van der Waals surface area contributed by atoms with Gasteiger partial charge < -0.3 is 0 Å². The second-order valence-corrected chi connectivity index (χ2v) is 7.34. The van der Waals surface area contributed by atoms with Crippen molar-refractivity contribution in [3.8, 4) is 0 Å². The number of rotatable bonds is 4. The monoisotopic (exact) mass is 355 g/mol. The van der Waals surface area contributed by atoms with Crippen molar-refractivity contribution in [2.24, 2.45) is 0 Å². The maximum atomic E-state index is 11.7. The molecule has 0 radical (unpaired) electrons. The summed E-state index contributed by atoms with van der Waals surface area (Å²) in [4.78, 5) is 0.379. The molecule has 0 aromatic heterocycles. The Morgan fingerprint density at radius 2 is 2.13 bits per heavy atom. The molecule has 1 rings (SSSR count). The fourth-order valence-corrected chi connectivity index (χ4v) is 3.04. The molecule has 0 aliphatic heterocycles. The number of hydrogen-bond acceptors (Lipinski definition) is 2. The Kier molecular flexibility index (Phi) is 4.76. The molecule has 1 aromatic rings. The number of halogens is 2. The van der Waals surface area contributed by atoms with Gasteiger partial charge in [-0.25, -0.2) is 13.1 Å². The van der Waals surface area contributed by atoms with Gasteiger partial charge in [0, 0.05) is 15.8 Å². The van der Waals surface area contributed by atoms with E-state index in [9.17, 15) is 8.42 Å². The topological polar surface area (TPSA) is 46.2 Å². The fourth-order valence-electron chi connectivity index (χ4n) is 0.942. The fraction of sp³-hybridized carbons (Fsp3) is 0.333. The van der Waals surface area contributed by atoms with Crippen molar-refractivity contribution in [3.63, 3.8) is 0 Å². The molecule has 1 aromatic carbocycles. The first-order valence-corrected chi connectivity index (χ1v) is 7.50. The van der Waals surface area contributed by atoms with Gasteiger partial charge in [0.2, 0.25) is 10.0 Å². The Balaban J connectivity index is 2.87. The number of nitrogens with one attached hydrogen (secondary N) is 1. The Morgan fingerprint density at radius 3 is 2.67 bits per heavy atom. The van der Waals surface area contributed by atoms with E-state index in [1.54, 1.807) is 24.3 Å². The van der Waals surface area contributed by atoms with E-state index in [1.165, 1.54) is 0 Å². The summed E-state index contributed by atoms with van der Waals surface area (Å²) in [7, 11) is -3.39. The van der Waals surface area contributed by atoms with Crippen molar-refractivity contribution in [2.45, 2.75) is 16.6 Å². The van der Waals surface area contributed by atoms with Crippen LogP contribution < -0.4 is 4.72 Å². The van der Waals surface area contributed by atoms with E-state index in [1.807, 2.05) is 6.92 Å². The summed E-state index contributed by atoms with van der Waals surface area (Å²) >= 11 is 6.51. The predicted molar refractivity (Wildman–Crippen MR) is 67.7 cm³/mol. The first-order valence-electron chi connectivity index (χ1n) is 4.31. The molecule has 0 bridgehead atoms. The first-order chi connectivity index (χ1) is 6.92. The van der Waals surface area contributed by atoms with Gasteiger partial charge in [0.1, 0.15) is 0 Å². The summed E-state index contributed by atoms with van der Waals surface area (Å²) in [5.41, 5.74) is 0. The summed E-state index contributed by atoms with van der Waals surface area (Å²) in [6.07, 6.45) is 0. The van der Waals surface area contributed by atoms with Crippen molar-refractivity contribution in [1.29, 1.82) is 0 Å². The van der Waals surface area contributed by atoms with Crippen molar-refractivity contribution in [3.05, 3.63) is 28.7 Å². The Labute approximate surface area is 107 Å². The maximum Gasteiger partial charge on any atom is 0.240 e. The van der Waals surface area contributed by atoms with Crippen molar-refractivity contribution < 1.29 is 8.42 Å². The van der Waals surface area contributed by atoms with Crippen molar-refractivity contribution >= 4 is 41.9 Å². The average Bonchev–Trinajstić information content (AvgIpc) is 2.15. The molecule has 84 valence electrons. The van der Waals surface area contributed by atoms with Gasteiger partial charge in [-0.3, -0.25) is 0 Å². The van der Waals surface area contributed by atoms with Crippen LogP contribution >= 0.6 is 31.9 Å². The van der Waals surface area contributed by atoms with Crippen LogP contribution in [0.3, 0.4) is 0 Å². The van der Waals surface area contributed by atoms with Crippen LogP contribution in [0.5, 0.6) is 0 Å². The minimum absolute atomic E-state index is 0.111. The van der Waals surface area contributed by atoms with Crippen LogP contribution in [-0.4, -0.2) is 19.8 Å². The minimum atomic E-state index is -3.39. The average molecular weight is 357 g/mol. The van der Waals surface area contributed by atoms with Crippen molar-refractivity contribution in [1.82, 2.24) is 4.72 Å². The van der Waals surface area contributed by atoms with Crippen LogP contribution in [0.2, 0.25) is 0 Å².